The molecule has 1 aliphatic rings. The minimum Gasteiger partial charge on any atom is -0.449 e. The smallest absolute Gasteiger partial charge is 0.407 e. The maximum atomic E-state index is 11.4. The zero-order chi connectivity index (χ0) is 12.9. The molecule has 0 aromatic rings. The van der Waals surface area contributed by atoms with Crippen LogP contribution in [0.4, 0.5) is 4.79 Å². The van der Waals surface area contributed by atoms with E-state index in [-0.39, 0.29) is 0 Å². The molecule has 1 fully saturated rings. The molecule has 0 saturated heterocycles. The van der Waals surface area contributed by atoms with E-state index in [4.69, 9.17) is 4.74 Å². The van der Waals surface area contributed by atoms with Crippen molar-refractivity contribution in [1.82, 2.24) is 5.32 Å². The minimum atomic E-state index is -0.733. The number of carbonyl (C=O) groups excluding carboxylic acids is 1. The van der Waals surface area contributed by atoms with Crippen LogP contribution in [0.15, 0.2) is 0 Å². The van der Waals surface area contributed by atoms with Crippen LogP contribution < -0.4 is 5.32 Å². The Morgan fingerprint density at radius 3 is 2.59 bits per heavy atom. The maximum Gasteiger partial charge on any atom is 0.407 e. The number of alkyl carbamates (subject to hydrolysis) is 1. The molecule has 0 atom stereocenters. The van der Waals surface area contributed by atoms with Crippen molar-refractivity contribution in [2.75, 3.05) is 13.2 Å². The third-order valence-corrected chi connectivity index (χ3v) is 3.31. The van der Waals surface area contributed by atoms with Crippen LogP contribution >= 0.6 is 0 Å². The minimum absolute atomic E-state index is 0.302. The molecule has 0 unspecified atom stereocenters. The summed E-state index contributed by atoms with van der Waals surface area (Å²) in [5.74, 6) is 1.02. The molecule has 0 heterocycles. The van der Waals surface area contributed by atoms with Crippen LogP contribution in [0.2, 0.25) is 0 Å². The summed E-state index contributed by atoms with van der Waals surface area (Å²) in [5.41, 5.74) is -0.733. The summed E-state index contributed by atoms with van der Waals surface area (Å²) in [7, 11) is 0. The number of amides is 1. The second kappa shape index (κ2) is 6.24. The molecule has 4 nitrogen and oxygen atoms in total. The molecule has 0 aliphatic heterocycles. The number of ether oxygens (including phenoxy) is 1. The van der Waals surface area contributed by atoms with E-state index < -0.39 is 11.7 Å². The number of nitrogens with one attached hydrogen (secondary N) is 1. The first-order valence-corrected chi connectivity index (χ1v) is 6.54. The second-order valence-corrected chi connectivity index (χ2v) is 5.75. The van der Waals surface area contributed by atoms with Crippen LogP contribution in [0.1, 0.15) is 46.5 Å². The molecule has 2 N–H and O–H groups in total. The molecule has 1 aliphatic carbocycles. The molecule has 0 aromatic heterocycles. The average molecular weight is 243 g/mol. The highest BCUT2D eigenvalue weighted by molar-refractivity contribution is 5.67. The summed E-state index contributed by atoms with van der Waals surface area (Å²) in [6.07, 6.45) is 3.15. The van der Waals surface area contributed by atoms with Gasteiger partial charge in [-0.25, -0.2) is 4.79 Å². The maximum absolute atomic E-state index is 11.4. The van der Waals surface area contributed by atoms with Crippen LogP contribution in [0.3, 0.4) is 0 Å². The lowest BCUT2D eigenvalue weighted by atomic mass is 9.79. The molecular formula is C13H25NO3. The van der Waals surface area contributed by atoms with Crippen molar-refractivity contribution in [1.29, 1.82) is 0 Å². The second-order valence-electron chi connectivity index (χ2n) is 5.75. The number of aliphatic hydroxyl groups is 1. The van der Waals surface area contributed by atoms with E-state index in [1.807, 2.05) is 13.8 Å². The molecule has 0 bridgehead atoms. The van der Waals surface area contributed by atoms with Crippen molar-refractivity contribution in [3.8, 4) is 0 Å². The predicted octanol–water partition coefficient (Wildman–Crippen LogP) is 2.31. The highest BCUT2D eigenvalue weighted by Gasteiger charge is 2.32. The monoisotopic (exact) mass is 243 g/mol. The van der Waals surface area contributed by atoms with E-state index in [1.54, 1.807) is 0 Å². The number of rotatable bonds is 4. The molecule has 17 heavy (non-hydrogen) atoms. The first-order chi connectivity index (χ1) is 7.91. The van der Waals surface area contributed by atoms with E-state index in [1.165, 1.54) is 0 Å². The highest BCUT2D eigenvalue weighted by atomic mass is 16.5. The van der Waals surface area contributed by atoms with Crippen molar-refractivity contribution in [3.05, 3.63) is 0 Å². The molecular weight excluding hydrogens is 218 g/mol. The van der Waals surface area contributed by atoms with Crippen LogP contribution in [-0.2, 0) is 4.74 Å². The highest BCUT2D eigenvalue weighted by Crippen LogP contribution is 2.31. The van der Waals surface area contributed by atoms with E-state index in [9.17, 15) is 9.90 Å². The van der Waals surface area contributed by atoms with Gasteiger partial charge in [0.25, 0.3) is 0 Å². The molecule has 1 rings (SSSR count). The standard InChI is InChI=1S/C13H25NO3/c1-10(2)8-17-12(15)14-9-13(16)6-4-11(3)5-7-13/h10-11,16H,4-9H2,1-3H3,(H,14,15). The fourth-order valence-electron chi connectivity index (χ4n) is 2.01. The van der Waals surface area contributed by atoms with Crippen LogP contribution in [0.5, 0.6) is 0 Å². The van der Waals surface area contributed by atoms with Gasteiger partial charge in [-0.05, 0) is 37.5 Å². The molecule has 0 radical (unpaired) electrons. The number of carbonyl (C=O) groups is 1. The third-order valence-electron chi connectivity index (χ3n) is 3.31. The molecule has 100 valence electrons. The van der Waals surface area contributed by atoms with Gasteiger partial charge in [0, 0.05) is 6.54 Å². The molecule has 0 aromatic carbocycles. The van der Waals surface area contributed by atoms with Gasteiger partial charge in [-0.1, -0.05) is 20.8 Å². The van der Waals surface area contributed by atoms with E-state index in [2.05, 4.69) is 12.2 Å². The summed E-state index contributed by atoms with van der Waals surface area (Å²) in [6.45, 7) is 6.90. The SMILES string of the molecule is CC(C)COC(=O)NCC1(O)CCC(C)CC1. The summed E-state index contributed by atoms with van der Waals surface area (Å²) < 4.78 is 5.00. The molecule has 0 spiro atoms. The Morgan fingerprint density at radius 2 is 2.06 bits per heavy atom. The lowest BCUT2D eigenvalue weighted by molar-refractivity contribution is -0.00651. The van der Waals surface area contributed by atoms with Crippen LogP contribution in [0.25, 0.3) is 0 Å². The predicted molar refractivity (Wildman–Crippen MR) is 66.8 cm³/mol. The van der Waals surface area contributed by atoms with Gasteiger partial charge in [0.15, 0.2) is 0 Å². The van der Waals surface area contributed by atoms with Gasteiger partial charge in [0.05, 0.1) is 12.2 Å². The summed E-state index contributed by atoms with van der Waals surface area (Å²) >= 11 is 0. The molecule has 1 amide bonds. The van der Waals surface area contributed by atoms with Gasteiger partial charge in [-0.2, -0.15) is 0 Å². The van der Waals surface area contributed by atoms with Crippen molar-refractivity contribution >= 4 is 6.09 Å². The van der Waals surface area contributed by atoms with Gasteiger partial charge in [0.2, 0.25) is 0 Å². The summed E-state index contributed by atoms with van der Waals surface area (Å²) in [5, 5.41) is 12.9. The van der Waals surface area contributed by atoms with Crippen LogP contribution in [-0.4, -0.2) is 30.0 Å². The number of hydrogen-bond donors (Lipinski definition) is 2. The van der Waals surface area contributed by atoms with E-state index >= 15 is 0 Å². The van der Waals surface area contributed by atoms with Crippen molar-refractivity contribution < 1.29 is 14.6 Å². The third kappa shape index (κ3) is 5.39. The first-order valence-electron chi connectivity index (χ1n) is 6.54. The number of hydrogen-bond acceptors (Lipinski definition) is 3. The average Bonchev–Trinajstić information content (AvgIpc) is 2.28. The fraction of sp³-hybridized carbons (Fsp3) is 0.923. The molecule has 4 heteroatoms. The van der Waals surface area contributed by atoms with Gasteiger partial charge >= 0.3 is 6.09 Å². The van der Waals surface area contributed by atoms with Crippen molar-refractivity contribution in [3.63, 3.8) is 0 Å². The van der Waals surface area contributed by atoms with Crippen molar-refractivity contribution in [2.24, 2.45) is 11.8 Å². The Bertz CT molecular complexity index is 245. The Kier molecular flexibility index (Phi) is 5.25. The van der Waals surface area contributed by atoms with E-state index in [0.717, 1.165) is 25.7 Å². The Morgan fingerprint density at radius 1 is 1.47 bits per heavy atom. The van der Waals surface area contributed by atoms with Gasteiger partial charge in [-0.3, -0.25) is 0 Å². The largest absolute Gasteiger partial charge is 0.449 e. The van der Waals surface area contributed by atoms with Crippen LogP contribution in [0, 0.1) is 11.8 Å². The topological polar surface area (TPSA) is 58.6 Å². The van der Waals surface area contributed by atoms with Gasteiger partial charge in [-0.15, -0.1) is 0 Å². The fourth-order valence-corrected chi connectivity index (χ4v) is 2.01. The summed E-state index contributed by atoms with van der Waals surface area (Å²) in [4.78, 5) is 11.4. The zero-order valence-electron chi connectivity index (χ0n) is 11.2. The first kappa shape index (κ1) is 14.3. The van der Waals surface area contributed by atoms with E-state index in [0.29, 0.717) is 25.0 Å². The van der Waals surface area contributed by atoms with Crippen molar-refractivity contribution in [2.45, 2.75) is 52.1 Å². The van der Waals surface area contributed by atoms with Gasteiger partial charge in [0.1, 0.15) is 0 Å². The Balaban J connectivity index is 2.23. The Labute approximate surface area is 104 Å². The quantitative estimate of drug-likeness (QED) is 0.796. The molecule has 1 saturated carbocycles. The van der Waals surface area contributed by atoms with Gasteiger partial charge < -0.3 is 15.2 Å². The lowest BCUT2D eigenvalue weighted by Gasteiger charge is -2.34. The summed E-state index contributed by atoms with van der Waals surface area (Å²) in [6, 6.07) is 0. The Hall–Kier alpha value is -0.770. The zero-order valence-corrected chi connectivity index (χ0v) is 11.2. The normalized spacial score (nSPS) is 29.1. The lowest BCUT2D eigenvalue weighted by Crippen LogP contribution is -2.45.